The van der Waals surface area contributed by atoms with Gasteiger partial charge >= 0.3 is 0 Å². The van der Waals surface area contributed by atoms with Crippen molar-refractivity contribution < 1.29 is 5.11 Å². The van der Waals surface area contributed by atoms with Crippen LogP contribution in [0.5, 0.6) is 0 Å². The van der Waals surface area contributed by atoms with Crippen molar-refractivity contribution in [2.24, 2.45) is 0 Å². The van der Waals surface area contributed by atoms with Crippen molar-refractivity contribution in [2.45, 2.75) is 45.4 Å². The molecular formula is C11H18BrNOS. The van der Waals surface area contributed by atoms with E-state index in [9.17, 15) is 5.11 Å². The summed E-state index contributed by atoms with van der Waals surface area (Å²) in [6.07, 6.45) is 0. The number of hydrogen-bond donors (Lipinski definition) is 2. The van der Waals surface area contributed by atoms with E-state index in [0.717, 1.165) is 10.3 Å². The zero-order valence-corrected chi connectivity index (χ0v) is 12.0. The molecule has 0 aliphatic heterocycles. The Hall–Kier alpha value is 0.1000. The van der Waals surface area contributed by atoms with Gasteiger partial charge in [-0.05, 0) is 55.8 Å². The Labute approximate surface area is 104 Å². The first-order chi connectivity index (χ1) is 6.72. The summed E-state index contributed by atoms with van der Waals surface area (Å²) >= 11 is 5.15. The van der Waals surface area contributed by atoms with Crippen LogP contribution in [0.4, 0.5) is 0 Å². The highest BCUT2D eigenvalue weighted by Gasteiger charge is 2.34. The molecule has 86 valence electrons. The highest BCUT2D eigenvalue weighted by Crippen LogP contribution is 2.25. The topological polar surface area (TPSA) is 32.3 Å². The van der Waals surface area contributed by atoms with Crippen LogP contribution >= 0.6 is 27.3 Å². The number of nitrogens with one attached hydrogen (secondary N) is 1. The second kappa shape index (κ2) is 4.53. The molecule has 1 aromatic rings. The molecule has 0 fully saturated rings. The molecular weight excluding hydrogens is 274 g/mol. The fourth-order valence-corrected chi connectivity index (χ4v) is 2.39. The molecule has 2 nitrogen and oxygen atoms in total. The molecule has 0 amide bonds. The molecule has 0 spiro atoms. The van der Waals surface area contributed by atoms with Crippen LogP contribution in [0.3, 0.4) is 0 Å². The summed E-state index contributed by atoms with van der Waals surface area (Å²) < 4.78 is 1.14. The van der Waals surface area contributed by atoms with E-state index < -0.39 is 5.60 Å². The lowest BCUT2D eigenvalue weighted by Crippen LogP contribution is -2.55. The van der Waals surface area contributed by atoms with Crippen LogP contribution in [0.2, 0.25) is 0 Å². The van der Waals surface area contributed by atoms with Crippen LogP contribution in [-0.2, 0) is 6.54 Å². The Morgan fingerprint density at radius 1 is 1.33 bits per heavy atom. The van der Waals surface area contributed by atoms with Crippen LogP contribution < -0.4 is 5.32 Å². The molecule has 0 saturated heterocycles. The Bertz CT molecular complexity index is 328. The molecule has 1 aromatic heterocycles. The predicted molar refractivity (Wildman–Crippen MR) is 69.2 cm³/mol. The van der Waals surface area contributed by atoms with E-state index in [1.54, 1.807) is 11.3 Å². The third kappa shape index (κ3) is 3.55. The van der Waals surface area contributed by atoms with Gasteiger partial charge in [-0.1, -0.05) is 0 Å². The summed E-state index contributed by atoms with van der Waals surface area (Å²) in [6, 6.07) is 4.13. The minimum atomic E-state index is -0.735. The van der Waals surface area contributed by atoms with Crippen LogP contribution in [0, 0.1) is 0 Å². The van der Waals surface area contributed by atoms with Crippen LogP contribution in [0.25, 0.3) is 0 Å². The van der Waals surface area contributed by atoms with Gasteiger partial charge in [0.15, 0.2) is 0 Å². The maximum absolute atomic E-state index is 9.96. The summed E-state index contributed by atoms with van der Waals surface area (Å²) in [7, 11) is 0. The molecule has 15 heavy (non-hydrogen) atoms. The second-order valence-electron chi connectivity index (χ2n) is 4.74. The van der Waals surface area contributed by atoms with E-state index >= 15 is 0 Å². The largest absolute Gasteiger partial charge is 0.389 e. The van der Waals surface area contributed by atoms with Gasteiger partial charge in [0.2, 0.25) is 0 Å². The maximum atomic E-state index is 9.96. The van der Waals surface area contributed by atoms with Crippen molar-refractivity contribution >= 4 is 27.3 Å². The van der Waals surface area contributed by atoms with Crippen molar-refractivity contribution in [1.29, 1.82) is 0 Å². The number of rotatable bonds is 4. The summed E-state index contributed by atoms with van der Waals surface area (Å²) in [5, 5.41) is 13.3. The minimum absolute atomic E-state index is 0.302. The fourth-order valence-electron chi connectivity index (χ4n) is 0.971. The number of hydrogen-bond acceptors (Lipinski definition) is 3. The van der Waals surface area contributed by atoms with E-state index in [4.69, 9.17) is 0 Å². The van der Waals surface area contributed by atoms with Crippen molar-refractivity contribution in [1.82, 2.24) is 5.32 Å². The molecule has 1 rings (SSSR count). The molecule has 2 N–H and O–H groups in total. The average Bonchev–Trinajstić information content (AvgIpc) is 2.46. The number of aliphatic hydroxyl groups is 1. The Kier molecular flexibility index (Phi) is 3.98. The molecule has 1 heterocycles. The van der Waals surface area contributed by atoms with Gasteiger partial charge in [0.25, 0.3) is 0 Å². The van der Waals surface area contributed by atoms with E-state index in [0.29, 0.717) is 0 Å². The minimum Gasteiger partial charge on any atom is -0.389 e. The lowest BCUT2D eigenvalue weighted by molar-refractivity contribution is -0.00520. The Morgan fingerprint density at radius 3 is 2.33 bits per heavy atom. The van der Waals surface area contributed by atoms with Crippen LogP contribution in [0.15, 0.2) is 15.9 Å². The summed E-state index contributed by atoms with van der Waals surface area (Å²) in [5.41, 5.74) is -1.04. The normalized spacial score (nSPS) is 13.2. The van der Waals surface area contributed by atoms with Gasteiger partial charge < -0.3 is 10.4 Å². The highest BCUT2D eigenvalue weighted by atomic mass is 79.9. The number of halogens is 1. The standard InChI is InChI=1S/C11H18BrNOS/c1-10(2,11(3,4)14)13-7-8-5-6-9(12)15-8/h5-6,13-14H,7H2,1-4H3. The molecule has 0 saturated carbocycles. The first-order valence-corrected chi connectivity index (χ1v) is 6.55. The Balaban J connectivity index is 2.57. The van der Waals surface area contributed by atoms with Gasteiger partial charge in [-0.15, -0.1) is 11.3 Å². The van der Waals surface area contributed by atoms with E-state index in [1.807, 2.05) is 33.8 Å². The molecule has 0 aromatic carbocycles. The van der Waals surface area contributed by atoms with E-state index in [-0.39, 0.29) is 5.54 Å². The van der Waals surface area contributed by atoms with Crippen molar-refractivity contribution in [3.63, 3.8) is 0 Å². The van der Waals surface area contributed by atoms with Gasteiger partial charge in [0.05, 0.1) is 9.39 Å². The quantitative estimate of drug-likeness (QED) is 0.893. The molecule has 0 radical (unpaired) electrons. The van der Waals surface area contributed by atoms with Crippen molar-refractivity contribution in [3.8, 4) is 0 Å². The lowest BCUT2D eigenvalue weighted by Gasteiger charge is -2.38. The van der Waals surface area contributed by atoms with Crippen molar-refractivity contribution in [3.05, 3.63) is 20.8 Å². The maximum Gasteiger partial charge on any atom is 0.0767 e. The molecule has 0 aliphatic rings. The van der Waals surface area contributed by atoms with Crippen LogP contribution in [-0.4, -0.2) is 16.2 Å². The lowest BCUT2D eigenvalue weighted by atomic mass is 9.86. The van der Waals surface area contributed by atoms with Gasteiger partial charge in [-0.25, -0.2) is 0 Å². The van der Waals surface area contributed by atoms with Crippen molar-refractivity contribution in [2.75, 3.05) is 0 Å². The first kappa shape index (κ1) is 13.2. The van der Waals surface area contributed by atoms with Crippen LogP contribution in [0.1, 0.15) is 32.6 Å². The third-order valence-electron chi connectivity index (χ3n) is 2.86. The zero-order chi connectivity index (χ0) is 11.7. The summed E-state index contributed by atoms with van der Waals surface area (Å²) in [4.78, 5) is 1.26. The summed E-state index contributed by atoms with van der Waals surface area (Å²) in [5.74, 6) is 0. The SMILES string of the molecule is CC(C)(O)C(C)(C)NCc1ccc(Br)s1. The van der Waals surface area contributed by atoms with Gasteiger partial charge in [-0.3, -0.25) is 0 Å². The van der Waals surface area contributed by atoms with Gasteiger partial charge in [0.1, 0.15) is 0 Å². The van der Waals surface area contributed by atoms with Gasteiger partial charge in [-0.2, -0.15) is 0 Å². The summed E-state index contributed by atoms with van der Waals surface area (Å²) in [6.45, 7) is 8.45. The van der Waals surface area contributed by atoms with E-state index in [2.05, 4.69) is 27.3 Å². The smallest absolute Gasteiger partial charge is 0.0767 e. The number of thiophene rings is 1. The fraction of sp³-hybridized carbons (Fsp3) is 0.636. The predicted octanol–water partition coefficient (Wildman–Crippen LogP) is 3.15. The molecule has 0 bridgehead atoms. The first-order valence-electron chi connectivity index (χ1n) is 4.94. The zero-order valence-electron chi connectivity index (χ0n) is 9.60. The highest BCUT2D eigenvalue weighted by molar-refractivity contribution is 9.11. The average molecular weight is 292 g/mol. The third-order valence-corrected chi connectivity index (χ3v) is 4.49. The molecule has 0 unspecified atom stereocenters. The molecule has 4 heteroatoms. The van der Waals surface area contributed by atoms with E-state index in [1.165, 1.54) is 4.88 Å². The Morgan fingerprint density at radius 2 is 1.93 bits per heavy atom. The molecule has 0 aliphatic carbocycles. The monoisotopic (exact) mass is 291 g/mol. The van der Waals surface area contributed by atoms with Gasteiger partial charge in [0, 0.05) is 17.0 Å². The molecule has 0 atom stereocenters. The second-order valence-corrected chi connectivity index (χ2v) is 7.29.